The summed E-state index contributed by atoms with van der Waals surface area (Å²) in [6.45, 7) is 3.65. The molecule has 0 unspecified atom stereocenters. The number of ether oxygens (including phenoxy) is 1. The van der Waals surface area contributed by atoms with Gasteiger partial charge in [0.05, 0.1) is 0 Å². The van der Waals surface area contributed by atoms with Gasteiger partial charge in [0, 0.05) is 24.6 Å². The number of amides is 2. The standard InChI is InChI=1S/C32H37FN2O3/c1-23-17-18-30(24(2)19-23)38-22-31(36)35(21-26-13-9-10-16-28(26)33)29(20-25-11-5-3-6-12-25)32(37)34-27-14-7-4-8-15-27/h3,5-6,9-13,16-19,27,29H,4,7-8,14-15,20-22H2,1-2H3,(H,34,37)/t29-/m0/s1. The van der Waals surface area contributed by atoms with Crippen molar-refractivity contribution in [2.24, 2.45) is 0 Å². The Kier molecular flexibility index (Phi) is 9.52. The Balaban J connectivity index is 1.62. The topological polar surface area (TPSA) is 58.6 Å². The minimum Gasteiger partial charge on any atom is -0.483 e. The molecule has 0 heterocycles. The first-order valence-corrected chi connectivity index (χ1v) is 13.5. The van der Waals surface area contributed by atoms with Crippen molar-refractivity contribution in [2.75, 3.05) is 6.61 Å². The van der Waals surface area contributed by atoms with Crippen LogP contribution in [0, 0.1) is 19.7 Å². The maximum Gasteiger partial charge on any atom is 0.261 e. The summed E-state index contributed by atoms with van der Waals surface area (Å²) < 4.78 is 20.7. The van der Waals surface area contributed by atoms with Crippen molar-refractivity contribution in [3.05, 3.63) is 101 Å². The molecule has 6 heteroatoms. The number of carbonyl (C=O) groups is 2. The SMILES string of the molecule is Cc1ccc(OCC(=O)N(Cc2ccccc2F)[C@@H](Cc2ccccc2)C(=O)NC2CCCCC2)c(C)c1. The molecule has 0 spiro atoms. The Morgan fingerprint density at radius 1 is 0.974 bits per heavy atom. The Morgan fingerprint density at radius 2 is 1.68 bits per heavy atom. The average Bonchev–Trinajstić information content (AvgIpc) is 2.92. The first kappa shape index (κ1) is 27.4. The minimum atomic E-state index is -0.811. The van der Waals surface area contributed by atoms with E-state index in [0.29, 0.717) is 17.7 Å². The van der Waals surface area contributed by atoms with Crippen LogP contribution in [0.3, 0.4) is 0 Å². The second-order valence-electron chi connectivity index (χ2n) is 10.2. The summed E-state index contributed by atoms with van der Waals surface area (Å²) in [6.07, 6.45) is 5.52. The summed E-state index contributed by atoms with van der Waals surface area (Å²) in [5, 5.41) is 3.20. The highest BCUT2D eigenvalue weighted by atomic mass is 19.1. The van der Waals surface area contributed by atoms with E-state index in [1.807, 2.05) is 62.4 Å². The Labute approximate surface area is 225 Å². The van der Waals surface area contributed by atoms with E-state index in [4.69, 9.17) is 4.74 Å². The van der Waals surface area contributed by atoms with Gasteiger partial charge in [-0.25, -0.2) is 4.39 Å². The maximum absolute atomic E-state index is 14.7. The van der Waals surface area contributed by atoms with Crippen LogP contribution in [0.2, 0.25) is 0 Å². The second kappa shape index (κ2) is 13.2. The fourth-order valence-electron chi connectivity index (χ4n) is 5.09. The van der Waals surface area contributed by atoms with Crippen molar-refractivity contribution >= 4 is 11.8 Å². The molecule has 1 saturated carbocycles. The molecule has 0 aliphatic heterocycles. The molecule has 0 aromatic heterocycles. The number of nitrogens with one attached hydrogen (secondary N) is 1. The number of aryl methyl sites for hydroxylation is 2. The largest absolute Gasteiger partial charge is 0.483 e. The first-order valence-electron chi connectivity index (χ1n) is 13.5. The lowest BCUT2D eigenvalue weighted by Crippen LogP contribution is -2.53. The monoisotopic (exact) mass is 516 g/mol. The number of carbonyl (C=O) groups excluding carboxylic acids is 2. The molecule has 3 aromatic rings. The molecule has 1 fully saturated rings. The van der Waals surface area contributed by atoms with Gasteiger partial charge in [0.25, 0.3) is 5.91 Å². The van der Waals surface area contributed by atoms with Gasteiger partial charge in [-0.15, -0.1) is 0 Å². The molecular formula is C32H37FN2O3. The lowest BCUT2D eigenvalue weighted by Gasteiger charge is -2.33. The van der Waals surface area contributed by atoms with Crippen molar-refractivity contribution < 1.29 is 18.7 Å². The fourth-order valence-corrected chi connectivity index (χ4v) is 5.09. The molecule has 3 aromatic carbocycles. The Hall–Kier alpha value is -3.67. The number of rotatable bonds is 10. The summed E-state index contributed by atoms with van der Waals surface area (Å²) in [5.74, 6) is -0.377. The van der Waals surface area contributed by atoms with Crippen LogP contribution in [0.5, 0.6) is 5.75 Å². The van der Waals surface area contributed by atoms with E-state index in [1.54, 1.807) is 18.2 Å². The predicted molar refractivity (Wildman–Crippen MR) is 147 cm³/mol. The molecule has 1 aliphatic rings. The van der Waals surface area contributed by atoms with E-state index in [-0.39, 0.29) is 31.0 Å². The second-order valence-corrected chi connectivity index (χ2v) is 10.2. The highest BCUT2D eigenvalue weighted by molar-refractivity contribution is 5.88. The summed E-state index contributed by atoms with van der Waals surface area (Å²) in [7, 11) is 0. The predicted octanol–water partition coefficient (Wildman–Crippen LogP) is 5.91. The third-order valence-electron chi connectivity index (χ3n) is 7.20. The normalized spacial score (nSPS) is 14.5. The highest BCUT2D eigenvalue weighted by Crippen LogP contribution is 2.22. The van der Waals surface area contributed by atoms with E-state index in [2.05, 4.69) is 5.32 Å². The summed E-state index contributed by atoms with van der Waals surface area (Å²) in [4.78, 5) is 29.0. The van der Waals surface area contributed by atoms with Crippen molar-refractivity contribution in [1.29, 1.82) is 0 Å². The molecule has 2 amide bonds. The van der Waals surface area contributed by atoms with E-state index in [1.165, 1.54) is 17.4 Å². The number of halogens is 1. The number of benzene rings is 3. The number of hydrogen-bond donors (Lipinski definition) is 1. The van der Waals surface area contributed by atoms with Gasteiger partial charge >= 0.3 is 0 Å². The zero-order valence-electron chi connectivity index (χ0n) is 22.3. The van der Waals surface area contributed by atoms with Crippen molar-refractivity contribution in [3.8, 4) is 5.75 Å². The first-order chi connectivity index (χ1) is 18.4. The van der Waals surface area contributed by atoms with Crippen LogP contribution in [-0.4, -0.2) is 35.4 Å². The zero-order chi connectivity index (χ0) is 26.9. The third kappa shape index (κ3) is 7.44. The van der Waals surface area contributed by atoms with Crippen LogP contribution >= 0.6 is 0 Å². The molecule has 0 radical (unpaired) electrons. The number of hydrogen-bond acceptors (Lipinski definition) is 3. The Morgan fingerprint density at radius 3 is 2.39 bits per heavy atom. The van der Waals surface area contributed by atoms with E-state index >= 15 is 0 Å². The van der Waals surface area contributed by atoms with Gasteiger partial charge in [0.15, 0.2) is 6.61 Å². The third-order valence-corrected chi connectivity index (χ3v) is 7.20. The average molecular weight is 517 g/mol. The molecule has 200 valence electrons. The molecular weight excluding hydrogens is 479 g/mol. The van der Waals surface area contributed by atoms with Crippen LogP contribution < -0.4 is 10.1 Å². The van der Waals surface area contributed by atoms with Crippen molar-refractivity contribution in [1.82, 2.24) is 10.2 Å². The zero-order valence-corrected chi connectivity index (χ0v) is 22.3. The van der Waals surface area contributed by atoms with E-state index in [9.17, 15) is 14.0 Å². The molecule has 5 nitrogen and oxygen atoms in total. The quantitative estimate of drug-likeness (QED) is 0.364. The lowest BCUT2D eigenvalue weighted by molar-refractivity contribution is -0.143. The molecule has 1 N–H and O–H groups in total. The highest BCUT2D eigenvalue weighted by Gasteiger charge is 2.32. The van der Waals surface area contributed by atoms with Crippen LogP contribution in [0.1, 0.15) is 54.4 Å². The van der Waals surface area contributed by atoms with Gasteiger partial charge in [0.1, 0.15) is 17.6 Å². The number of nitrogens with zero attached hydrogens (tertiary/aromatic N) is 1. The molecule has 1 aliphatic carbocycles. The van der Waals surface area contributed by atoms with Gasteiger partial charge in [0.2, 0.25) is 5.91 Å². The van der Waals surface area contributed by atoms with Crippen LogP contribution in [0.4, 0.5) is 4.39 Å². The van der Waals surface area contributed by atoms with Gasteiger partial charge in [-0.05, 0) is 49.9 Å². The van der Waals surface area contributed by atoms with E-state index < -0.39 is 11.9 Å². The Bertz CT molecular complexity index is 1220. The van der Waals surface area contributed by atoms with Crippen LogP contribution in [0.15, 0.2) is 72.8 Å². The minimum absolute atomic E-state index is 0.0304. The van der Waals surface area contributed by atoms with E-state index in [0.717, 1.165) is 42.4 Å². The molecule has 4 rings (SSSR count). The van der Waals surface area contributed by atoms with Crippen LogP contribution in [-0.2, 0) is 22.6 Å². The van der Waals surface area contributed by atoms with Gasteiger partial charge in [-0.1, -0.05) is 85.5 Å². The van der Waals surface area contributed by atoms with Crippen molar-refractivity contribution in [3.63, 3.8) is 0 Å². The summed E-state index contributed by atoms with van der Waals surface area (Å²) in [5.41, 5.74) is 3.31. The smallest absolute Gasteiger partial charge is 0.261 e. The van der Waals surface area contributed by atoms with Crippen molar-refractivity contribution in [2.45, 2.75) is 71.0 Å². The molecule has 1 atom stereocenters. The maximum atomic E-state index is 14.7. The molecule has 0 bridgehead atoms. The lowest BCUT2D eigenvalue weighted by atomic mass is 9.94. The van der Waals surface area contributed by atoms with Gasteiger partial charge in [-0.2, -0.15) is 0 Å². The molecule has 38 heavy (non-hydrogen) atoms. The van der Waals surface area contributed by atoms with Crippen LogP contribution in [0.25, 0.3) is 0 Å². The van der Waals surface area contributed by atoms with Gasteiger partial charge < -0.3 is 15.0 Å². The molecule has 0 saturated heterocycles. The van der Waals surface area contributed by atoms with Gasteiger partial charge in [-0.3, -0.25) is 9.59 Å². The fraction of sp³-hybridized carbons (Fsp3) is 0.375. The summed E-state index contributed by atoms with van der Waals surface area (Å²) in [6, 6.07) is 21.1. The summed E-state index contributed by atoms with van der Waals surface area (Å²) >= 11 is 0.